The van der Waals surface area contributed by atoms with Crippen LogP contribution < -0.4 is 10.1 Å². The summed E-state index contributed by atoms with van der Waals surface area (Å²) in [4.78, 5) is 25.9. The fourth-order valence-corrected chi connectivity index (χ4v) is 3.78. The van der Waals surface area contributed by atoms with E-state index in [0.29, 0.717) is 35.8 Å². The summed E-state index contributed by atoms with van der Waals surface area (Å²) in [6, 6.07) is 14.2. The number of hydrogen-bond acceptors (Lipinski definition) is 5. The number of rotatable bonds is 16. The maximum atomic E-state index is 13.1. The number of nitrogens with zero attached hydrogens (tertiary/aromatic N) is 1. The minimum atomic E-state index is -0.438. The molecule has 0 saturated heterocycles. The molecule has 2 N–H and O–H groups in total. The monoisotopic (exact) mass is 515 g/mol. The number of likely N-dealkylation sites (N-methyl/N-ethyl adjacent to an activating group) is 1. The molecule has 7 nitrogen and oxygen atoms in total. The fraction of sp³-hybridized carbons (Fsp3) is 0.533. The molecule has 0 atom stereocenters. The minimum absolute atomic E-state index is 0.315. The van der Waals surface area contributed by atoms with Crippen LogP contribution in [0.25, 0.3) is 0 Å². The fourth-order valence-electron chi connectivity index (χ4n) is 3.78. The van der Waals surface area contributed by atoms with E-state index in [2.05, 4.69) is 33.1 Å². The predicted octanol–water partition coefficient (Wildman–Crippen LogP) is 5.93. The molecule has 0 aliphatic carbocycles. The number of hydrogen-bond donors (Lipinski definition) is 2. The molecule has 0 saturated carbocycles. The SMILES string of the molecule is CCCCCCCCOc1ccccc1C(=O)Nc1ccccc1C(=O)OCC[N+](C)(CC)CC.CO. The summed E-state index contributed by atoms with van der Waals surface area (Å²) in [6.07, 6.45) is 7.06. The Morgan fingerprint density at radius 1 is 0.811 bits per heavy atom. The molecule has 1 amide bonds. The Labute approximate surface area is 223 Å². The molecule has 0 bridgehead atoms. The summed E-state index contributed by atoms with van der Waals surface area (Å²) in [6.45, 7) is 10.1. The third-order valence-electron chi connectivity index (χ3n) is 6.67. The summed E-state index contributed by atoms with van der Waals surface area (Å²) in [5.41, 5.74) is 1.21. The first-order chi connectivity index (χ1) is 17.9. The lowest BCUT2D eigenvalue weighted by atomic mass is 10.1. The number of para-hydroxylation sites is 2. The summed E-state index contributed by atoms with van der Waals surface area (Å²) in [5.74, 6) is -0.202. The highest BCUT2D eigenvalue weighted by atomic mass is 16.5. The van der Waals surface area contributed by atoms with Gasteiger partial charge in [-0.15, -0.1) is 0 Å². The van der Waals surface area contributed by atoms with Gasteiger partial charge in [0.1, 0.15) is 18.9 Å². The van der Waals surface area contributed by atoms with Crippen LogP contribution in [0.4, 0.5) is 5.69 Å². The number of aliphatic hydroxyl groups excluding tert-OH is 1. The molecular formula is C30H47N2O5+. The molecule has 0 radical (unpaired) electrons. The van der Waals surface area contributed by atoms with Crippen molar-refractivity contribution in [1.82, 2.24) is 0 Å². The highest BCUT2D eigenvalue weighted by Crippen LogP contribution is 2.22. The first-order valence-corrected chi connectivity index (χ1v) is 13.5. The molecule has 0 heterocycles. The Morgan fingerprint density at radius 3 is 2.08 bits per heavy atom. The molecule has 7 heteroatoms. The molecule has 0 aromatic heterocycles. The smallest absolute Gasteiger partial charge is 0.340 e. The molecule has 0 aliphatic heterocycles. The van der Waals surface area contributed by atoms with Gasteiger partial charge in [-0.1, -0.05) is 63.3 Å². The third kappa shape index (κ3) is 11.4. The number of benzene rings is 2. The summed E-state index contributed by atoms with van der Waals surface area (Å²) < 4.78 is 12.3. The maximum absolute atomic E-state index is 13.1. The topological polar surface area (TPSA) is 84.9 Å². The Kier molecular flexibility index (Phi) is 15.9. The van der Waals surface area contributed by atoms with Crippen LogP contribution in [0.1, 0.15) is 80.0 Å². The second-order valence-electron chi connectivity index (χ2n) is 9.22. The van der Waals surface area contributed by atoms with Crippen molar-refractivity contribution in [3.05, 3.63) is 59.7 Å². The number of carbonyl (C=O) groups is 2. The Hall–Kier alpha value is -2.90. The molecule has 0 fully saturated rings. The van der Waals surface area contributed by atoms with E-state index in [9.17, 15) is 9.59 Å². The van der Waals surface area contributed by atoms with Gasteiger partial charge in [0.25, 0.3) is 5.91 Å². The zero-order valence-corrected chi connectivity index (χ0v) is 23.4. The van der Waals surface area contributed by atoms with E-state index >= 15 is 0 Å². The van der Waals surface area contributed by atoms with Crippen LogP contribution in [-0.4, -0.2) is 68.5 Å². The molecule has 0 unspecified atom stereocenters. The molecular weight excluding hydrogens is 468 g/mol. The second kappa shape index (κ2) is 18.4. The Morgan fingerprint density at radius 2 is 1.41 bits per heavy atom. The number of anilines is 1. The highest BCUT2D eigenvalue weighted by molar-refractivity contribution is 6.09. The number of unbranched alkanes of at least 4 members (excludes halogenated alkanes) is 5. The van der Waals surface area contributed by atoms with Crippen LogP contribution in [0.3, 0.4) is 0 Å². The van der Waals surface area contributed by atoms with E-state index in [0.717, 1.165) is 44.1 Å². The maximum Gasteiger partial charge on any atom is 0.340 e. The van der Waals surface area contributed by atoms with Crippen molar-refractivity contribution in [2.45, 2.75) is 59.3 Å². The van der Waals surface area contributed by atoms with E-state index in [4.69, 9.17) is 14.6 Å². The van der Waals surface area contributed by atoms with Gasteiger partial charge in [0.15, 0.2) is 0 Å². The molecule has 2 aromatic rings. The van der Waals surface area contributed by atoms with Crippen molar-refractivity contribution in [1.29, 1.82) is 0 Å². The van der Waals surface area contributed by atoms with Crippen LogP contribution in [0.15, 0.2) is 48.5 Å². The normalized spacial score (nSPS) is 10.8. The van der Waals surface area contributed by atoms with Gasteiger partial charge in [0, 0.05) is 7.11 Å². The first-order valence-electron chi connectivity index (χ1n) is 13.5. The van der Waals surface area contributed by atoms with Crippen LogP contribution in [0.5, 0.6) is 5.75 Å². The largest absolute Gasteiger partial charge is 0.493 e. The average molecular weight is 516 g/mol. The van der Waals surface area contributed by atoms with E-state index in [1.807, 2.05) is 18.2 Å². The van der Waals surface area contributed by atoms with Crippen molar-refractivity contribution < 1.29 is 28.7 Å². The minimum Gasteiger partial charge on any atom is -0.493 e. The van der Waals surface area contributed by atoms with Gasteiger partial charge in [0.05, 0.1) is 43.6 Å². The van der Waals surface area contributed by atoms with Crippen molar-refractivity contribution >= 4 is 17.6 Å². The number of ether oxygens (including phenoxy) is 2. The second-order valence-corrected chi connectivity index (χ2v) is 9.22. The quantitative estimate of drug-likeness (QED) is 0.164. The third-order valence-corrected chi connectivity index (χ3v) is 6.67. The molecule has 2 aromatic carbocycles. The molecule has 37 heavy (non-hydrogen) atoms. The molecule has 2 rings (SSSR count). The van der Waals surface area contributed by atoms with Gasteiger partial charge in [0.2, 0.25) is 0 Å². The van der Waals surface area contributed by atoms with E-state index < -0.39 is 5.97 Å². The number of quaternary nitrogens is 1. The lowest BCUT2D eigenvalue weighted by Gasteiger charge is -2.31. The average Bonchev–Trinajstić information content (AvgIpc) is 2.94. The van der Waals surface area contributed by atoms with Crippen LogP contribution >= 0.6 is 0 Å². The van der Waals surface area contributed by atoms with Crippen molar-refractivity contribution in [2.75, 3.05) is 52.3 Å². The van der Waals surface area contributed by atoms with Crippen LogP contribution in [0, 0.1) is 0 Å². The van der Waals surface area contributed by atoms with Crippen molar-refractivity contribution in [3.8, 4) is 5.75 Å². The van der Waals surface area contributed by atoms with Gasteiger partial charge in [-0.25, -0.2) is 4.79 Å². The summed E-state index contributed by atoms with van der Waals surface area (Å²) in [7, 11) is 3.15. The van der Waals surface area contributed by atoms with Gasteiger partial charge in [-0.2, -0.15) is 0 Å². The number of amides is 1. The first kappa shape index (κ1) is 32.1. The van der Waals surface area contributed by atoms with Gasteiger partial charge >= 0.3 is 5.97 Å². The lowest BCUT2D eigenvalue weighted by molar-refractivity contribution is -0.906. The Balaban J connectivity index is 0.00000334. The Bertz CT molecular complexity index is 928. The number of esters is 1. The number of carbonyl (C=O) groups excluding carboxylic acids is 2. The van der Waals surface area contributed by atoms with Crippen molar-refractivity contribution in [3.63, 3.8) is 0 Å². The zero-order valence-electron chi connectivity index (χ0n) is 23.4. The van der Waals surface area contributed by atoms with Crippen LogP contribution in [-0.2, 0) is 4.74 Å². The molecule has 206 valence electrons. The van der Waals surface area contributed by atoms with Crippen molar-refractivity contribution in [2.24, 2.45) is 0 Å². The van der Waals surface area contributed by atoms with Gasteiger partial charge in [-0.3, -0.25) is 4.79 Å². The lowest BCUT2D eigenvalue weighted by Crippen LogP contribution is -2.46. The van der Waals surface area contributed by atoms with Gasteiger partial charge < -0.3 is 24.4 Å². The highest BCUT2D eigenvalue weighted by Gasteiger charge is 2.20. The van der Waals surface area contributed by atoms with Gasteiger partial charge in [-0.05, 0) is 44.5 Å². The van der Waals surface area contributed by atoms with E-state index in [-0.39, 0.29) is 5.91 Å². The van der Waals surface area contributed by atoms with Crippen LogP contribution in [0.2, 0.25) is 0 Å². The standard InChI is InChI=1S/C29H42N2O4.CH4O/c1-5-8-9-10-11-16-22-34-27-20-15-13-18-25(27)28(32)30-26-19-14-12-17-24(26)29(33)35-23-21-31(4,6-2)7-3;1-2/h12-15,17-20H,5-11,16,21-23H2,1-4H3;2H,1H3/p+1. The molecule has 0 aliphatic rings. The zero-order chi connectivity index (χ0) is 27.5. The van der Waals surface area contributed by atoms with E-state index in [1.54, 1.807) is 30.3 Å². The summed E-state index contributed by atoms with van der Waals surface area (Å²) >= 11 is 0. The molecule has 0 spiro atoms. The van der Waals surface area contributed by atoms with E-state index in [1.165, 1.54) is 25.7 Å². The summed E-state index contributed by atoms with van der Waals surface area (Å²) in [5, 5.41) is 9.88. The number of nitrogens with one attached hydrogen (secondary N) is 1. The number of aliphatic hydroxyl groups is 1. The predicted molar refractivity (Wildman–Crippen MR) is 150 cm³/mol.